The molecule has 0 bridgehead atoms. The predicted molar refractivity (Wildman–Crippen MR) is 64.5 cm³/mol. The summed E-state index contributed by atoms with van der Waals surface area (Å²) in [5.74, 6) is -0.706. The summed E-state index contributed by atoms with van der Waals surface area (Å²) in [5, 5.41) is 11.4. The largest absolute Gasteiger partial charge is 0.482 e. The lowest BCUT2D eigenvalue weighted by Crippen LogP contribution is -2.31. The average Bonchev–Trinajstić information content (AvgIpc) is 2.34. The monoisotopic (exact) mass is 252 g/mol. The average molecular weight is 252 g/mol. The summed E-state index contributed by atoms with van der Waals surface area (Å²) in [4.78, 5) is 25.8. The van der Waals surface area contributed by atoms with Crippen molar-refractivity contribution >= 4 is 11.9 Å². The van der Waals surface area contributed by atoms with Gasteiger partial charge in [0, 0.05) is 12.7 Å². The molecule has 0 aliphatic heterocycles. The van der Waals surface area contributed by atoms with E-state index in [1.807, 2.05) is 13.8 Å². The van der Waals surface area contributed by atoms with E-state index in [0.717, 1.165) is 0 Å². The number of aromatic carboxylic acids is 1. The van der Waals surface area contributed by atoms with Crippen molar-refractivity contribution in [2.24, 2.45) is 5.92 Å². The number of carboxylic acid groups (broad SMARTS) is 1. The highest BCUT2D eigenvalue weighted by molar-refractivity contribution is 5.87. The van der Waals surface area contributed by atoms with E-state index in [2.05, 4.69) is 10.3 Å². The van der Waals surface area contributed by atoms with Gasteiger partial charge in [0.1, 0.15) is 5.75 Å². The molecule has 0 radical (unpaired) electrons. The van der Waals surface area contributed by atoms with E-state index in [0.29, 0.717) is 12.5 Å². The lowest BCUT2D eigenvalue weighted by atomic mass is 10.2. The zero-order valence-electron chi connectivity index (χ0n) is 10.3. The summed E-state index contributed by atoms with van der Waals surface area (Å²) < 4.78 is 5.15. The number of nitrogens with zero attached hydrogens (tertiary/aromatic N) is 1. The van der Waals surface area contributed by atoms with Crippen molar-refractivity contribution in [1.29, 1.82) is 0 Å². The van der Waals surface area contributed by atoms with E-state index >= 15 is 0 Å². The molecule has 0 fully saturated rings. The number of hydrogen-bond acceptors (Lipinski definition) is 4. The van der Waals surface area contributed by atoms with Crippen LogP contribution < -0.4 is 10.1 Å². The van der Waals surface area contributed by atoms with Gasteiger partial charge in [0.25, 0.3) is 5.91 Å². The van der Waals surface area contributed by atoms with E-state index in [9.17, 15) is 9.59 Å². The predicted octanol–water partition coefficient (Wildman–Crippen LogP) is 0.931. The van der Waals surface area contributed by atoms with Crippen LogP contribution in [-0.2, 0) is 4.79 Å². The maximum absolute atomic E-state index is 11.4. The zero-order chi connectivity index (χ0) is 13.5. The molecule has 18 heavy (non-hydrogen) atoms. The van der Waals surface area contributed by atoms with E-state index in [-0.39, 0.29) is 23.8 Å². The lowest BCUT2D eigenvalue weighted by molar-refractivity contribution is -0.123. The molecule has 0 aliphatic rings. The molecular formula is C12H16N2O4. The van der Waals surface area contributed by atoms with Gasteiger partial charge in [-0.05, 0) is 12.0 Å². The molecule has 1 aromatic rings. The smallest absolute Gasteiger partial charge is 0.337 e. The van der Waals surface area contributed by atoms with Gasteiger partial charge in [-0.25, -0.2) is 4.79 Å². The molecule has 2 N–H and O–H groups in total. The molecule has 0 aliphatic carbocycles. The first kappa shape index (κ1) is 14.0. The number of ether oxygens (including phenoxy) is 1. The van der Waals surface area contributed by atoms with Gasteiger partial charge >= 0.3 is 5.97 Å². The van der Waals surface area contributed by atoms with Crippen LogP contribution in [0.1, 0.15) is 24.2 Å². The van der Waals surface area contributed by atoms with Gasteiger partial charge in [-0.3, -0.25) is 9.78 Å². The molecular weight excluding hydrogens is 236 g/mol. The quantitative estimate of drug-likeness (QED) is 0.786. The number of amides is 1. The Morgan fingerprint density at radius 1 is 1.44 bits per heavy atom. The Labute approximate surface area is 105 Å². The van der Waals surface area contributed by atoms with E-state index in [4.69, 9.17) is 9.84 Å². The van der Waals surface area contributed by atoms with Gasteiger partial charge in [0.2, 0.25) is 0 Å². The fraction of sp³-hybridized carbons (Fsp3) is 0.417. The number of carbonyl (C=O) groups excluding carboxylic acids is 1. The van der Waals surface area contributed by atoms with Crippen LogP contribution in [0.25, 0.3) is 0 Å². The number of carbonyl (C=O) groups is 2. The third kappa shape index (κ3) is 4.82. The highest BCUT2D eigenvalue weighted by atomic mass is 16.5. The molecule has 0 saturated carbocycles. The van der Waals surface area contributed by atoms with Crippen LogP contribution in [0.5, 0.6) is 5.75 Å². The van der Waals surface area contributed by atoms with E-state index < -0.39 is 5.97 Å². The number of hydrogen-bond donors (Lipinski definition) is 2. The van der Waals surface area contributed by atoms with Crippen LogP contribution in [-0.4, -0.2) is 35.1 Å². The van der Waals surface area contributed by atoms with Crippen molar-refractivity contribution in [3.8, 4) is 5.75 Å². The van der Waals surface area contributed by atoms with Crippen molar-refractivity contribution in [1.82, 2.24) is 10.3 Å². The Morgan fingerprint density at radius 3 is 2.78 bits per heavy atom. The van der Waals surface area contributed by atoms with E-state index in [1.165, 1.54) is 18.5 Å². The molecule has 6 nitrogen and oxygen atoms in total. The molecule has 0 unspecified atom stereocenters. The van der Waals surface area contributed by atoms with Gasteiger partial charge in [-0.1, -0.05) is 13.8 Å². The third-order valence-corrected chi connectivity index (χ3v) is 2.04. The van der Waals surface area contributed by atoms with Crippen LogP contribution in [0.2, 0.25) is 0 Å². The molecule has 0 aromatic carbocycles. The van der Waals surface area contributed by atoms with E-state index in [1.54, 1.807) is 0 Å². The Balaban J connectivity index is 2.46. The normalized spacial score (nSPS) is 10.2. The second kappa shape index (κ2) is 6.58. The molecule has 1 aromatic heterocycles. The molecule has 0 atom stereocenters. The number of rotatable bonds is 6. The maximum Gasteiger partial charge on any atom is 0.337 e. The second-order valence-corrected chi connectivity index (χ2v) is 4.20. The summed E-state index contributed by atoms with van der Waals surface area (Å²) in [6.45, 7) is 4.40. The number of pyridine rings is 1. The van der Waals surface area contributed by atoms with Crippen molar-refractivity contribution in [3.05, 3.63) is 24.0 Å². The Morgan fingerprint density at radius 2 is 2.17 bits per heavy atom. The van der Waals surface area contributed by atoms with Crippen LogP contribution >= 0.6 is 0 Å². The topological polar surface area (TPSA) is 88.5 Å². The molecule has 1 rings (SSSR count). The maximum atomic E-state index is 11.4. The molecule has 6 heteroatoms. The fourth-order valence-electron chi connectivity index (χ4n) is 1.13. The third-order valence-electron chi connectivity index (χ3n) is 2.04. The second-order valence-electron chi connectivity index (χ2n) is 4.20. The highest BCUT2D eigenvalue weighted by Crippen LogP contribution is 2.10. The SMILES string of the molecule is CC(C)CNC(=O)COc1cncc(C(=O)O)c1. The Bertz CT molecular complexity index is 432. The van der Waals surface area contributed by atoms with Crippen LogP contribution in [0.4, 0.5) is 0 Å². The van der Waals surface area contributed by atoms with Gasteiger partial charge in [-0.15, -0.1) is 0 Å². The number of aromatic nitrogens is 1. The van der Waals surface area contributed by atoms with Gasteiger partial charge < -0.3 is 15.2 Å². The Hall–Kier alpha value is -2.11. The summed E-state index contributed by atoms with van der Waals surface area (Å²) in [7, 11) is 0. The Kier molecular flexibility index (Phi) is 5.10. The molecule has 0 spiro atoms. The molecule has 1 amide bonds. The van der Waals surface area contributed by atoms with Gasteiger partial charge in [-0.2, -0.15) is 0 Å². The van der Waals surface area contributed by atoms with Crippen molar-refractivity contribution in [2.45, 2.75) is 13.8 Å². The summed E-state index contributed by atoms with van der Waals surface area (Å²) in [6, 6.07) is 1.32. The van der Waals surface area contributed by atoms with Crippen molar-refractivity contribution in [3.63, 3.8) is 0 Å². The fourth-order valence-corrected chi connectivity index (χ4v) is 1.13. The van der Waals surface area contributed by atoms with Crippen molar-refractivity contribution < 1.29 is 19.4 Å². The van der Waals surface area contributed by atoms with Crippen LogP contribution in [0.15, 0.2) is 18.5 Å². The minimum atomic E-state index is -1.09. The molecule has 1 heterocycles. The van der Waals surface area contributed by atoms with Crippen LogP contribution in [0, 0.1) is 5.92 Å². The first-order valence-corrected chi connectivity index (χ1v) is 5.57. The van der Waals surface area contributed by atoms with Gasteiger partial charge in [0.15, 0.2) is 6.61 Å². The number of nitrogens with one attached hydrogen (secondary N) is 1. The van der Waals surface area contributed by atoms with Gasteiger partial charge in [0.05, 0.1) is 11.8 Å². The van der Waals surface area contributed by atoms with Crippen LogP contribution in [0.3, 0.4) is 0 Å². The van der Waals surface area contributed by atoms with Crippen molar-refractivity contribution in [2.75, 3.05) is 13.2 Å². The first-order valence-electron chi connectivity index (χ1n) is 5.57. The molecule has 98 valence electrons. The zero-order valence-corrected chi connectivity index (χ0v) is 10.3. The first-order chi connectivity index (χ1) is 8.49. The summed E-state index contributed by atoms with van der Waals surface area (Å²) in [5.41, 5.74) is 0.0232. The lowest BCUT2D eigenvalue weighted by Gasteiger charge is -2.09. The highest BCUT2D eigenvalue weighted by Gasteiger charge is 2.07. The summed E-state index contributed by atoms with van der Waals surface area (Å²) in [6.07, 6.45) is 2.58. The minimum absolute atomic E-state index is 0.0232. The minimum Gasteiger partial charge on any atom is -0.482 e. The molecule has 0 saturated heterocycles. The summed E-state index contributed by atoms with van der Waals surface area (Å²) >= 11 is 0. The number of carboxylic acids is 1. The standard InChI is InChI=1S/C12H16N2O4/c1-8(2)4-14-11(15)7-18-10-3-9(12(16)17)5-13-6-10/h3,5-6,8H,4,7H2,1-2H3,(H,14,15)(H,16,17).